The first-order chi connectivity index (χ1) is 12.6. The van der Waals surface area contributed by atoms with Gasteiger partial charge in [-0.05, 0) is 43.5 Å². The van der Waals surface area contributed by atoms with Crippen LogP contribution in [-0.2, 0) is 0 Å². The molecule has 1 heterocycles. The Morgan fingerprint density at radius 3 is 2.92 bits per heavy atom. The normalized spacial score (nSPS) is 20.3. The van der Waals surface area contributed by atoms with Crippen molar-refractivity contribution >= 4 is 28.9 Å². The maximum absolute atomic E-state index is 13.9. The van der Waals surface area contributed by atoms with Crippen LogP contribution in [0.2, 0.25) is 5.02 Å². The molecule has 0 spiro atoms. The Morgan fingerprint density at radius 1 is 1.38 bits per heavy atom. The minimum atomic E-state index is -0.398. The predicted octanol–water partition coefficient (Wildman–Crippen LogP) is 3.77. The number of hydrogen-bond acceptors (Lipinski definition) is 4. The van der Waals surface area contributed by atoms with Gasteiger partial charge in [0.25, 0.3) is 5.91 Å². The van der Waals surface area contributed by atoms with E-state index in [-0.39, 0.29) is 23.3 Å². The summed E-state index contributed by atoms with van der Waals surface area (Å²) >= 11 is 5.91. The first kappa shape index (κ1) is 18.1. The molecule has 26 heavy (non-hydrogen) atoms. The summed E-state index contributed by atoms with van der Waals surface area (Å²) in [6.07, 6.45) is 5.08. The number of nitrogens with zero attached hydrogens (tertiary/aromatic N) is 2. The molecular formula is C19H18ClFN4O. The highest BCUT2D eigenvalue weighted by atomic mass is 35.5. The molecule has 3 N–H and O–H groups in total. The maximum atomic E-state index is 13.9. The fourth-order valence-corrected chi connectivity index (χ4v) is 3.07. The summed E-state index contributed by atoms with van der Waals surface area (Å²) in [5.41, 5.74) is 7.64. The van der Waals surface area contributed by atoms with Gasteiger partial charge >= 0.3 is 0 Å². The van der Waals surface area contributed by atoms with Crippen molar-refractivity contribution in [3.05, 3.63) is 70.9 Å². The van der Waals surface area contributed by atoms with Crippen LogP contribution in [0.5, 0.6) is 0 Å². The zero-order chi connectivity index (χ0) is 18.5. The lowest BCUT2D eigenvalue weighted by Gasteiger charge is -2.27. The Morgan fingerprint density at radius 2 is 2.19 bits per heavy atom. The van der Waals surface area contributed by atoms with Crippen LogP contribution >= 0.6 is 11.6 Å². The van der Waals surface area contributed by atoms with Crippen molar-refractivity contribution in [1.29, 1.82) is 0 Å². The van der Waals surface area contributed by atoms with Crippen LogP contribution in [0.1, 0.15) is 29.8 Å². The summed E-state index contributed by atoms with van der Waals surface area (Å²) in [6, 6.07) is 9.09. The van der Waals surface area contributed by atoms with E-state index in [0.29, 0.717) is 29.1 Å². The number of amides is 1. The molecule has 0 saturated heterocycles. The first-order valence-electron chi connectivity index (χ1n) is 8.25. The lowest BCUT2D eigenvalue weighted by atomic mass is 9.88. The van der Waals surface area contributed by atoms with Crippen LogP contribution in [0.3, 0.4) is 0 Å². The average Bonchev–Trinajstić information content (AvgIpc) is 2.64. The van der Waals surface area contributed by atoms with Crippen LogP contribution in [0.4, 0.5) is 10.1 Å². The zero-order valence-corrected chi connectivity index (χ0v) is 14.7. The number of nitrogens with one attached hydrogen (secondary N) is 1. The fourth-order valence-electron chi connectivity index (χ4n) is 2.91. The number of aliphatic imine (C=N–C) groups is 1. The maximum Gasteiger partial charge on any atom is 0.270 e. The summed E-state index contributed by atoms with van der Waals surface area (Å²) in [5, 5.41) is 3.35. The number of carbonyl (C=O) groups excluding carboxylic acids is 1. The van der Waals surface area contributed by atoms with Crippen LogP contribution in [0.25, 0.3) is 0 Å². The molecule has 2 aromatic rings. The fraction of sp³-hybridized carbons (Fsp3) is 0.211. The number of para-hydroxylation sites is 1. The van der Waals surface area contributed by atoms with Crippen molar-refractivity contribution in [2.75, 3.05) is 0 Å². The predicted molar refractivity (Wildman–Crippen MR) is 100 cm³/mol. The van der Waals surface area contributed by atoms with E-state index < -0.39 is 5.82 Å². The van der Waals surface area contributed by atoms with Crippen LogP contribution in [-0.4, -0.2) is 22.6 Å². The quantitative estimate of drug-likeness (QED) is 0.860. The summed E-state index contributed by atoms with van der Waals surface area (Å²) in [7, 11) is 0. The third-order valence-corrected chi connectivity index (χ3v) is 4.40. The van der Waals surface area contributed by atoms with Gasteiger partial charge in [-0.2, -0.15) is 0 Å². The minimum absolute atomic E-state index is 0.229. The third-order valence-electron chi connectivity index (χ3n) is 4.16. The molecule has 1 aliphatic carbocycles. The van der Waals surface area contributed by atoms with Gasteiger partial charge in [-0.1, -0.05) is 23.7 Å². The number of nitrogens with two attached hydrogens (primary N) is 1. The lowest BCUT2D eigenvalue weighted by Crippen LogP contribution is -2.41. The van der Waals surface area contributed by atoms with E-state index in [1.165, 1.54) is 24.5 Å². The van der Waals surface area contributed by atoms with Crippen LogP contribution in [0, 0.1) is 5.82 Å². The summed E-state index contributed by atoms with van der Waals surface area (Å²) < 4.78 is 13.9. The van der Waals surface area contributed by atoms with Crippen LogP contribution in [0.15, 0.2) is 59.4 Å². The van der Waals surface area contributed by atoms with E-state index in [1.807, 2.05) is 0 Å². The molecule has 1 aliphatic rings. The third kappa shape index (κ3) is 4.08. The van der Waals surface area contributed by atoms with Gasteiger partial charge in [-0.25, -0.2) is 9.38 Å². The van der Waals surface area contributed by atoms with Gasteiger partial charge in [0.05, 0.1) is 11.7 Å². The number of hydrogen-bond donors (Lipinski definition) is 2. The number of pyridine rings is 1. The van der Waals surface area contributed by atoms with Gasteiger partial charge in [-0.3, -0.25) is 9.78 Å². The van der Waals surface area contributed by atoms with Gasteiger partial charge in [-0.15, -0.1) is 0 Å². The molecule has 1 atom stereocenters. The van der Waals surface area contributed by atoms with E-state index in [0.717, 1.165) is 6.42 Å². The second-order valence-corrected chi connectivity index (χ2v) is 6.35. The average molecular weight is 373 g/mol. The first-order valence-corrected chi connectivity index (χ1v) is 8.63. The van der Waals surface area contributed by atoms with Crippen molar-refractivity contribution in [2.45, 2.75) is 25.3 Å². The Labute approximate surface area is 155 Å². The Kier molecular flexibility index (Phi) is 5.63. The Balaban J connectivity index is 1.82. The second kappa shape index (κ2) is 8.10. The minimum Gasteiger partial charge on any atom is -0.404 e. The van der Waals surface area contributed by atoms with Crippen molar-refractivity contribution in [3.8, 4) is 0 Å². The monoisotopic (exact) mass is 372 g/mol. The highest BCUT2D eigenvalue weighted by Crippen LogP contribution is 2.26. The van der Waals surface area contributed by atoms with E-state index >= 15 is 0 Å². The van der Waals surface area contributed by atoms with Crippen LogP contribution < -0.4 is 11.1 Å². The summed E-state index contributed by atoms with van der Waals surface area (Å²) in [5.74, 6) is -0.741. The molecule has 1 aromatic carbocycles. The Hall–Kier alpha value is -2.73. The molecule has 0 bridgehead atoms. The lowest BCUT2D eigenvalue weighted by molar-refractivity contribution is 0.0936. The largest absolute Gasteiger partial charge is 0.404 e. The zero-order valence-electron chi connectivity index (χ0n) is 14.0. The number of benzene rings is 1. The van der Waals surface area contributed by atoms with Gasteiger partial charge in [0, 0.05) is 28.7 Å². The van der Waals surface area contributed by atoms with Gasteiger partial charge in [0.15, 0.2) is 0 Å². The SMILES string of the molecule is NC=C1C(=Nc2ccccc2F)CCCC1NC(=O)c1cc(Cl)ccn1. The van der Waals surface area contributed by atoms with Crippen molar-refractivity contribution in [1.82, 2.24) is 10.3 Å². The number of aromatic nitrogens is 1. The molecule has 134 valence electrons. The summed E-state index contributed by atoms with van der Waals surface area (Å²) in [4.78, 5) is 20.9. The van der Waals surface area contributed by atoms with Gasteiger partial charge in [0.1, 0.15) is 11.5 Å². The number of rotatable bonds is 3. The molecule has 1 unspecified atom stereocenters. The molecule has 3 rings (SSSR count). The summed E-state index contributed by atoms with van der Waals surface area (Å²) in [6.45, 7) is 0. The number of carbonyl (C=O) groups is 1. The molecule has 1 saturated carbocycles. The smallest absolute Gasteiger partial charge is 0.270 e. The second-order valence-electron chi connectivity index (χ2n) is 5.91. The molecule has 5 nitrogen and oxygen atoms in total. The molecule has 1 fully saturated rings. The molecule has 7 heteroatoms. The molecule has 1 aromatic heterocycles. The standard InChI is InChI=1S/C19H18ClFN4O/c20-12-8-9-23-18(10-12)19(26)25-16-7-3-6-15(13(16)11-22)24-17-5-2-1-4-14(17)21/h1-2,4-5,8-11,16H,3,6-7,22H2,(H,25,26). The Bertz CT molecular complexity index is 881. The van der Waals surface area contributed by atoms with Crippen molar-refractivity contribution in [2.24, 2.45) is 10.7 Å². The molecule has 1 amide bonds. The topological polar surface area (TPSA) is 80.4 Å². The highest BCUT2D eigenvalue weighted by molar-refractivity contribution is 6.30. The molecular weight excluding hydrogens is 355 g/mol. The van der Waals surface area contributed by atoms with E-state index in [1.54, 1.807) is 24.3 Å². The van der Waals surface area contributed by atoms with E-state index in [2.05, 4.69) is 15.3 Å². The molecule has 0 aliphatic heterocycles. The van der Waals surface area contributed by atoms with E-state index in [9.17, 15) is 9.18 Å². The van der Waals surface area contributed by atoms with Gasteiger partial charge in [0.2, 0.25) is 0 Å². The molecule has 0 radical (unpaired) electrons. The van der Waals surface area contributed by atoms with Crippen molar-refractivity contribution < 1.29 is 9.18 Å². The van der Waals surface area contributed by atoms with Crippen molar-refractivity contribution in [3.63, 3.8) is 0 Å². The highest BCUT2D eigenvalue weighted by Gasteiger charge is 2.26. The van der Waals surface area contributed by atoms with E-state index in [4.69, 9.17) is 17.3 Å². The number of halogens is 2. The van der Waals surface area contributed by atoms with Gasteiger partial charge < -0.3 is 11.1 Å².